The van der Waals surface area contributed by atoms with Gasteiger partial charge < -0.3 is 14.4 Å². The van der Waals surface area contributed by atoms with Gasteiger partial charge in [-0.3, -0.25) is 14.5 Å². The van der Waals surface area contributed by atoms with Crippen LogP contribution in [0.3, 0.4) is 0 Å². The minimum Gasteiger partial charge on any atom is -0.487 e. The van der Waals surface area contributed by atoms with Gasteiger partial charge >= 0.3 is 5.97 Å². The lowest BCUT2D eigenvalue weighted by Crippen LogP contribution is -2.69. The Morgan fingerprint density at radius 2 is 1.91 bits per heavy atom. The summed E-state index contributed by atoms with van der Waals surface area (Å²) in [4.78, 5) is 30.9. The van der Waals surface area contributed by atoms with Crippen LogP contribution in [0, 0.1) is 30.6 Å². The molecular formula is C40H44N2O4. The van der Waals surface area contributed by atoms with E-state index >= 15 is 0 Å². The predicted molar refractivity (Wildman–Crippen MR) is 179 cm³/mol. The van der Waals surface area contributed by atoms with Crippen LogP contribution < -0.4 is 9.47 Å². The number of amides is 1. The third-order valence-electron chi connectivity index (χ3n) is 10.7. The first kappa shape index (κ1) is 30.6. The van der Waals surface area contributed by atoms with Crippen molar-refractivity contribution in [1.29, 1.82) is 0 Å². The molecule has 46 heavy (non-hydrogen) atoms. The van der Waals surface area contributed by atoms with Crippen molar-refractivity contribution in [2.75, 3.05) is 19.6 Å². The standard InChI is InChI=1S/C40H44N2O4/c1-26(2)25-42(37(44)18-13-30-12-8-9-27(3)23-30)33-15-14-32-34-24-31-35(45-28(4)43)16-17-36-38(31)40(32,39(33)46-36)20-22-41(34)21-19-29-10-6-5-7-11-29/h5-12,16-17,23,26,32-34,39H,14-15,19-22,24-25H2,1-4H3/t32-,33-,34+,39-,40-/m0/s1. The Labute approximate surface area is 273 Å². The molecule has 238 valence electrons. The summed E-state index contributed by atoms with van der Waals surface area (Å²) in [6, 6.07) is 22.8. The van der Waals surface area contributed by atoms with E-state index in [-0.39, 0.29) is 35.4 Å². The fourth-order valence-electron chi connectivity index (χ4n) is 9.05. The lowest BCUT2D eigenvalue weighted by atomic mass is 9.50. The average Bonchev–Trinajstić information content (AvgIpc) is 3.37. The Morgan fingerprint density at radius 1 is 1.09 bits per heavy atom. The summed E-state index contributed by atoms with van der Waals surface area (Å²) in [6.45, 7) is 10.4. The zero-order chi connectivity index (χ0) is 32.0. The summed E-state index contributed by atoms with van der Waals surface area (Å²) < 4.78 is 12.8. The SMILES string of the molecule is CC(=O)Oc1ccc2c3c1C[C@@H]1[C@@H]4CC[C@H](N(CC(C)C)C(=O)C#Cc5cccc(C)c5)[C@H](O2)[C@]34CCN1CCc1ccccc1. The quantitative estimate of drug-likeness (QED) is 0.182. The molecule has 1 spiro atoms. The van der Waals surface area contributed by atoms with Crippen molar-refractivity contribution in [1.82, 2.24) is 9.80 Å². The molecule has 7 rings (SSSR count). The highest BCUT2D eigenvalue weighted by atomic mass is 16.5. The van der Waals surface area contributed by atoms with Crippen LogP contribution in [0.4, 0.5) is 0 Å². The topological polar surface area (TPSA) is 59.1 Å². The van der Waals surface area contributed by atoms with Crippen LogP contribution >= 0.6 is 0 Å². The van der Waals surface area contributed by atoms with Gasteiger partial charge in [0, 0.05) is 54.1 Å². The molecule has 4 aliphatic rings. The third kappa shape index (κ3) is 5.39. The summed E-state index contributed by atoms with van der Waals surface area (Å²) in [5.41, 5.74) is 5.43. The Kier molecular flexibility index (Phi) is 8.15. The van der Waals surface area contributed by atoms with Gasteiger partial charge in [0.25, 0.3) is 5.91 Å². The monoisotopic (exact) mass is 616 g/mol. The van der Waals surface area contributed by atoms with E-state index in [0.717, 1.165) is 67.6 Å². The minimum atomic E-state index is -0.306. The number of likely N-dealkylation sites (tertiary alicyclic amines) is 1. The number of hydrogen-bond donors (Lipinski definition) is 0. The number of carbonyl (C=O) groups excluding carboxylic acids is 2. The van der Waals surface area contributed by atoms with Crippen LogP contribution in [-0.2, 0) is 27.8 Å². The molecule has 0 aromatic heterocycles. The van der Waals surface area contributed by atoms with Gasteiger partial charge in [0.15, 0.2) is 0 Å². The van der Waals surface area contributed by atoms with Crippen molar-refractivity contribution in [3.63, 3.8) is 0 Å². The molecule has 0 N–H and O–H groups in total. The van der Waals surface area contributed by atoms with Gasteiger partial charge in [0.05, 0.1) is 6.04 Å². The first-order valence-corrected chi connectivity index (χ1v) is 16.9. The van der Waals surface area contributed by atoms with Crippen LogP contribution in [0.5, 0.6) is 11.5 Å². The normalized spacial score (nSPS) is 25.6. The molecule has 6 nitrogen and oxygen atoms in total. The zero-order valence-electron chi connectivity index (χ0n) is 27.4. The van der Waals surface area contributed by atoms with Crippen LogP contribution in [0.2, 0.25) is 0 Å². The zero-order valence-corrected chi connectivity index (χ0v) is 27.4. The highest BCUT2D eigenvalue weighted by Gasteiger charge is 2.66. The second kappa shape index (κ2) is 12.3. The van der Waals surface area contributed by atoms with Gasteiger partial charge in [-0.05, 0) is 92.8 Å². The maximum Gasteiger partial charge on any atom is 0.308 e. The highest BCUT2D eigenvalue weighted by Crippen LogP contribution is 2.64. The van der Waals surface area contributed by atoms with Crippen LogP contribution in [0.1, 0.15) is 67.9 Å². The van der Waals surface area contributed by atoms with Crippen LogP contribution in [0.25, 0.3) is 0 Å². The molecule has 1 amide bonds. The number of rotatable bonds is 7. The Morgan fingerprint density at radius 3 is 2.67 bits per heavy atom. The van der Waals surface area contributed by atoms with E-state index in [1.54, 1.807) is 0 Å². The van der Waals surface area contributed by atoms with Crippen molar-refractivity contribution in [3.05, 3.63) is 94.5 Å². The van der Waals surface area contributed by atoms with Crippen molar-refractivity contribution >= 4 is 11.9 Å². The fourth-order valence-corrected chi connectivity index (χ4v) is 9.05. The number of esters is 1. The number of hydrogen-bond acceptors (Lipinski definition) is 5. The first-order chi connectivity index (χ1) is 22.2. The van der Waals surface area contributed by atoms with Crippen molar-refractivity contribution in [3.8, 4) is 23.3 Å². The molecule has 2 heterocycles. The molecule has 2 aliphatic heterocycles. The minimum absolute atomic E-state index is 0.0926. The molecule has 0 radical (unpaired) electrons. The molecule has 0 unspecified atom stereocenters. The van der Waals surface area contributed by atoms with E-state index in [4.69, 9.17) is 9.47 Å². The van der Waals surface area contributed by atoms with Crippen LogP contribution in [-0.4, -0.2) is 59.5 Å². The number of piperidine rings is 1. The third-order valence-corrected chi connectivity index (χ3v) is 10.7. The second-order valence-electron chi connectivity index (χ2n) is 14.1. The van der Waals surface area contributed by atoms with Crippen molar-refractivity contribution in [2.45, 2.75) is 83.4 Å². The maximum absolute atomic E-state index is 14.0. The number of aryl methyl sites for hydroxylation is 1. The van der Waals surface area contributed by atoms with E-state index in [9.17, 15) is 9.59 Å². The Bertz CT molecular complexity index is 1710. The molecule has 3 aromatic rings. The van der Waals surface area contributed by atoms with E-state index in [1.807, 2.05) is 48.2 Å². The molecule has 2 aliphatic carbocycles. The highest BCUT2D eigenvalue weighted by molar-refractivity contribution is 5.94. The van der Waals surface area contributed by atoms with Gasteiger partial charge in [-0.1, -0.05) is 62.2 Å². The Balaban J connectivity index is 1.26. The largest absolute Gasteiger partial charge is 0.487 e. The Hall–Kier alpha value is -4.08. The first-order valence-electron chi connectivity index (χ1n) is 16.9. The summed E-state index contributed by atoms with van der Waals surface area (Å²) >= 11 is 0. The van der Waals surface area contributed by atoms with E-state index < -0.39 is 0 Å². The maximum atomic E-state index is 14.0. The van der Waals surface area contributed by atoms with E-state index in [1.165, 1.54) is 18.1 Å². The average molecular weight is 617 g/mol. The summed E-state index contributed by atoms with van der Waals surface area (Å²) in [5, 5.41) is 0. The molecule has 2 fully saturated rings. The smallest absolute Gasteiger partial charge is 0.308 e. The van der Waals surface area contributed by atoms with Gasteiger partial charge in [0.2, 0.25) is 0 Å². The van der Waals surface area contributed by atoms with Gasteiger partial charge in [-0.15, -0.1) is 0 Å². The van der Waals surface area contributed by atoms with Crippen molar-refractivity contribution in [2.24, 2.45) is 11.8 Å². The lowest BCUT2D eigenvalue weighted by molar-refractivity contribution is -0.138. The summed E-state index contributed by atoms with van der Waals surface area (Å²) in [7, 11) is 0. The van der Waals surface area contributed by atoms with E-state index in [2.05, 4.69) is 60.9 Å². The second-order valence-corrected chi connectivity index (χ2v) is 14.1. The van der Waals surface area contributed by atoms with Crippen LogP contribution in [0.15, 0.2) is 66.7 Å². The van der Waals surface area contributed by atoms with Crippen molar-refractivity contribution < 1.29 is 19.1 Å². The summed E-state index contributed by atoms with van der Waals surface area (Å²) in [6.07, 6.45) is 4.51. The van der Waals surface area contributed by atoms with Gasteiger partial charge in [-0.2, -0.15) is 0 Å². The summed E-state index contributed by atoms with van der Waals surface area (Å²) in [5.74, 6) is 7.95. The van der Waals surface area contributed by atoms with Gasteiger partial charge in [0.1, 0.15) is 17.6 Å². The predicted octanol–water partition coefficient (Wildman–Crippen LogP) is 6.11. The molecule has 2 bridgehead atoms. The molecule has 1 saturated heterocycles. The molecule has 3 aromatic carbocycles. The van der Waals surface area contributed by atoms with Gasteiger partial charge in [-0.25, -0.2) is 0 Å². The molecular weight excluding hydrogens is 572 g/mol. The number of benzene rings is 3. The molecule has 1 saturated carbocycles. The molecule has 6 heteroatoms. The lowest BCUT2D eigenvalue weighted by Gasteiger charge is -2.60. The number of ether oxygens (including phenoxy) is 2. The fraction of sp³-hybridized carbons (Fsp3) is 0.450. The molecule has 5 atom stereocenters. The number of carbonyl (C=O) groups is 2. The van der Waals surface area contributed by atoms with E-state index in [0.29, 0.717) is 24.3 Å². The number of nitrogens with zero attached hydrogens (tertiary/aromatic N) is 2.